The third-order valence-corrected chi connectivity index (χ3v) is 6.84. The first kappa shape index (κ1) is 19.4. The highest BCUT2D eigenvalue weighted by atomic mass is 16.5. The van der Waals surface area contributed by atoms with Gasteiger partial charge in [-0.3, -0.25) is 0 Å². The van der Waals surface area contributed by atoms with Gasteiger partial charge < -0.3 is 14.4 Å². The Labute approximate surface area is 188 Å². The monoisotopic (exact) mass is 425 g/mol. The molecule has 3 aliphatic heterocycles. The lowest BCUT2D eigenvalue weighted by Gasteiger charge is -2.50. The van der Waals surface area contributed by atoms with Crippen LogP contribution in [0, 0.1) is 0 Å². The molecule has 0 aliphatic carbocycles. The van der Waals surface area contributed by atoms with E-state index in [1.165, 1.54) is 5.56 Å². The fraction of sp³-hybridized carbons (Fsp3) is 0.296. The number of hydrogen-bond acceptors (Lipinski definition) is 5. The van der Waals surface area contributed by atoms with Crippen LogP contribution in [0.4, 0.5) is 0 Å². The van der Waals surface area contributed by atoms with Crippen molar-refractivity contribution in [2.45, 2.75) is 31.0 Å². The molecule has 5 heteroatoms. The zero-order valence-electron chi connectivity index (χ0n) is 18.3. The minimum atomic E-state index is -0.357. The van der Waals surface area contributed by atoms with Crippen LogP contribution in [0.2, 0.25) is 0 Å². The molecule has 0 saturated carbocycles. The molecule has 0 bridgehead atoms. The van der Waals surface area contributed by atoms with Gasteiger partial charge in [0, 0.05) is 37.9 Å². The number of benzene rings is 3. The van der Waals surface area contributed by atoms with E-state index in [9.17, 15) is 0 Å². The first-order valence-corrected chi connectivity index (χ1v) is 11.4. The number of para-hydroxylation sites is 2. The van der Waals surface area contributed by atoms with Gasteiger partial charge in [-0.15, -0.1) is 0 Å². The minimum Gasteiger partial charge on any atom is -0.466 e. The van der Waals surface area contributed by atoms with E-state index >= 15 is 0 Å². The number of hydrogen-bond donors (Lipinski definition) is 0. The van der Waals surface area contributed by atoms with Crippen molar-refractivity contribution in [1.82, 2.24) is 9.91 Å². The van der Waals surface area contributed by atoms with E-state index in [0.717, 1.165) is 60.9 Å². The zero-order valence-corrected chi connectivity index (χ0v) is 18.3. The van der Waals surface area contributed by atoms with Crippen LogP contribution >= 0.6 is 0 Å². The minimum absolute atomic E-state index is 0.221. The summed E-state index contributed by atoms with van der Waals surface area (Å²) < 4.78 is 12.6. The molecule has 0 unspecified atom stereocenters. The molecular weight excluding hydrogens is 398 g/mol. The van der Waals surface area contributed by atoms with Crippen molar-refractivity contribution in [3.05, 3.63) is 90.0 Å². The van der Waals surface area contributed by atoms with E-state index in [-0.39, 0.29) is 11.8 Å². The SMILES string of the molecule is CN1CCC2(CC1)Oc1ccccc1[C@H]1CC(c3ccc(Oc4ccccc4)cc3)=NN12. The molecule has 1 fully saturated rings. The summed E-state index contributed by atoms with van der Waals surface area (Å²) in [6, 6.07) is 26.8. The second-order valence-corrected chi connectivity index (χ2v) is 8.94. The summed E-state index contributed by atoms with van der Waals surface area (Å²) in [5.74, 6) is 2.69. The Hall–Kier alpha value is -3.31. The van der Waals surface area contributed by atoms with Gasteiger partial charge in [0.1, 0.15) is 17.2 Å². The average molecular weight is 426 g/mol. The number of likely N-dealkylation sites (tertiary alicyclic amines) is 1. The maximum absolute atomic E-state index is 6.66. The summed E-state index contributed by atoms with van der Waals surface area (Å²) in [6.07, 6.45) is 2.79. The van der Waals surface area contributed by atoms with E-state index < -0.39 is 0 Å². The molecule has 1 spiro atoms. The van der Waals surface area contributed by atoms with Crippen LogP contribution < -0.4 is 9.47 Å². The summed E-state index contributed by atoms with van der Waals surface area (Å²) in [5.41, 5.74) is 3.13. The topological polar surface area (TPSA) is 37.3 Å². The molecule has 3 aromatic carbocycles. The number of rotatable bonds is 3. The lowest BCUT2D eigenvalue weighted by Crippen LogP contribution is -2.58. The fourth-order valence-corrected chi connectivity index (χ4v) is 5.04. The van der Waals surface area contributed by atoms with Gasteiger partial charge in [-0.25, -0.2) is 5.01 Å². The maximum atomic E-state index is 6.66. The van der Waals surface area contributed by atoms with Crippen molar-refractivity contribution in [3.8, 4) is 17.2 Å². The van der Waals surface area contributed by atoms with Gasteiger partial charge in [-0.2, -0.15) is 5.10 Å². The summed E-state index contributed by atoms with van der Waals surface area (Å²) in [7, 11) is 2.18. The van der Waals surface area contributed by atoms with Gasteiger partial charge in [0.15, 0.2) is 0 Å². The van der Waals surface area contributed by atoms with E-state index in [1.807, 2.05) is 42.5 Å². The lowest BCUT2D eigenvalue weighted by atomic mass is 9.91. The molecule has 3 heterocycles. The Kier molecular flexibility index (Phi) is 4.65. The Morgan fingerprint density at radius 1 is 0.875 bits per heavy atom. The molecule has 1 atom stereocenters. The van der Waals surface area contributed by atoms with Gasteiger partial charge in [-0.1, -0.05) is 36.4 Å². The van der Waals surface area contributed by atoms with Crippen molar-refractivity contribution in [2.24, 2.45) is 5.10 Å². The van der Waals surface area contributed by atoms with Crippen LogP contribution in [0.25, 0.3) is 0 Å². The fourth-order valence-electron chi connectivity index (χ4n) is 5.04. The summed E-state index contributed by atoms with van der Waals surface area (Å²) in [5, 5.41) is 7.43. The molecule has 162 valence electrons. The number of piperidine rings is 1. The molecule has 1 saturated heterocycles. The first-order valence-electron chi connectivity index (χ1n) is 11.4. The molecule has 0 amide bonds. The highest BCUT2D eigenvalue weighted by Gasteiger charge is 2.51. The molecule has 6 rings (SSSR count). The van der Waals surface area contributed by atoms with E-state index in [0.29, 0.717) is 0 Å². The number of fused-ring (bicyclic) bond motifs is 4. The van der Waals surface area contributed by atoms with Crippen molar-refractivity contribution >= 4 is 5.71 Å². The third kappa shape index (κ3) is 3.33. The maximum Gasteiger partial charge on any atom is 0.200 e. The van der Waals surface area contributed by atoms with Crippen molar-refractivity contribution in [2.75, 3.05) is 20.1 Å². The molecular formula is C27H27N3O2. The highest BCUT2D eigenvalue weighted by molar-refractivity contribution is 6.02. The van der Waals surface area contributed by atoms with Crippen LogP contribution in [0.5, 0.6) is 17.2 Å². The summed E-state index contributed by atoms with van der Waals surface area (Å²) in [4.78, 5) is 2.37. The molecule has 0 radical (unpaired) electrons. The molecule has 3 aromatic rings. The molecule has 32 heavy (non-hydrogen) atoms. The smallest absolute Gasteiger partial charge is 0.200 e. The Bertz CT molecular complexity index is 1140. The summed E-state index contributed by atoms with van der Waals surface area (Å²) in [6.45, 7) is 2.03. The van der Waals surface area contributed by atoms with E-state index in [4.69, 9.17) is 14.6 Å². The highest BCUT2D eigenvalue weighted by Crippen LogP contribution is 2.49. The van der Waals surface area contributed by atoms with Gasteiger partial charge in [0.05, 0.1) is 11.8 Å². The predicted molar refractivity (Wildman–Crippen MR) is 125 cm³/mol. The Balaban J connectivity index is 1.30. The predicted octanol–water partition coefficient (Wildman–Crippen LogP) is 5.44. The quantitative estimate of drug-likeness (QED) is 0.560. The molecule has 0 aromatic heterocycles. The van der Waals surface area contributed by atoms with Crippen molar-refractivity contribution in [1.29, 1.82) is 0 Å². The molecule has 3 aliphatic rings. The number of ether oxygens (including phenoxy) is 2. The zero-order chi connectivity index (χ0) is 21.5. The average Bonchev–Trinajstić information content (AvgIpc) is 3.29. The van der Waals surface area contributed by atoms with Gasteiger partial charge in [0.2, 0.25) is 5.72 Å². The first-order chi connectivity index (χ1) is 15.7. The second kappa shape index (κ2) is 7.68. The van der Waals surface area contributed by atoms with Crippen molar-refractivity contribution < 1.29 is 9.47 Å². The van der Waals surface area contributed by atoms with E-state index in [1.54, 1.807) is 0 Å². The van der Waals surface area contributed by atoms with Crippen LogP contribution in [0.1, 0.15) is 36.4 Å². The number of hydrazone groups is 1. The summed E-state index contributed by atoms with van der Waals surface area (Å²) >= 11 is 0. The normalized spacial score (nSPS) is 21.5. The third-order valence-electron chi connectivity index (χ3n) is 6.84. The van der Waals surface area contributed by atoms with Gasteiger partial charge in [0.25, 0.3) is 0 Å². The standard InChI is InChI=1S/C27H27N3O2/c1-29-17-15-27(16-18-29)30-25(23-9-5-6-10-26(23)32-27)19-24(28-30)20-11-13-22(14-12-20)31-21-7-3-2-4-8-21/h2-14,25H,15-19H2,1H3/t25-/m1/s1. The van der Waals surface area contributed by atoms with Crippen molar-refractivity contribution in [3.63, 3.8) is 0 Å². The largest absolute Gasteiger partial charge is 0.466 e. The molecule has 0 N–H and O–H groups in total. The lowest BCUT2D eigenvalue weighted by molar-refractivity contribution is -0.147. The molecule has 5 nitrogen and oxygen atoms in total. The van der Waals surface area contributed by atoms with Crippen LogP contribution in [-0.2, 0) is 0 Å². The second-order valence-electron chi connectivity index (χ2n) is 8.94. The van der Waals surface area contributed by atoms with Crippen LogP contribution in [0.3, 0.4) is 0 Å². The number of nitrogens with zero attached hydrogens (tertiary/aromatic N) is 3. The van der Waals surface area contributed by atoms with E-state index in [2.05, 4.69) is 53.4 Å². The van der Waals surface area contributed by atoms with Crippen LogP contribution in [0.15, 0.2) is 84.0 Å². The Morgan fingerprint density at radius 2 is 1.56 bits per heavy atom. The van der Waals surface area contributed by atoms with Gasteiger partial charge in [-0.05, 0) is 55.1 Å². The van der Waals surface area contributed by atoms with Gasteiger partial charge >= 0.3 is 0 Å². The van der Waals surface area contributed by atoms with Crippen LogP contribution in [-0.4, -0.2) is 41.5 Å². The Morgan fingerprint density at radius 3 is 2.34 bits per heavy atom.